The third-order valence-corrected chi connectivity index (χ3v) is 3.79. The number of amides is 2. The summed E-state index contributed by atoms with van der Waals surface area (Å²) in [5.41, 5.74) is 6.72. The van der Waals surface area contributed by atoms with E-state index in [0.29, 0.717) is 11.9 Å². The number of fused-ring (bicyclic) bond motifs is 1. The Labute approximate surface area is 138 Å². The van der Waals surface area contributed by atoms with Crippen LogP contribution in [0.4, 0.5) is 0 Å². The van der Waals surface area contributed by atoms with E-state index in [2.05, 4.69) is 5.32 Å². The van der Waals surface area contributed by atoms with E-state index < -0.39 is 11.8 Å². The van der Waals surface area contributed by atoms with Crippen LogP contribution in [-0.4, -0.2) is 16.9 Å². The van der Waals surface area contributed by atoms with Gasteiger partial charge in [-0.2, -0.15) is 0 Å². The Balaban J connectivity index is 1.97. The van der Waals surface area contributed by atoms with Crippen LogP contribution in [0.1, 0.15) is 26.3 Å². The summed E-state index contributed by atoms with van der Waals surface area (Å²) in [5.74, 6) is -1.10. The van der Waals surface area contributed by atoms with E-state index in [4.69, 9.17) is 5.73 Å². The molecular formula is C19H16N2O3. The average molecular weight is 320 g/mol. The summed E-state index contributed by atoms with van der Waals surface area (Å²) in [5, 5.41) is 13.6. The molecule has 0 aromatic heterocycles. The standard InChI is InChI=1S/C19H16N2O3/c20-18(23)17-15(9-7-13-6-8-14(22)10-16(13)17)19(24)21-11-12-4-2-1-3-5-12/h1-10,22H,11H2,(H2,20,23)(H,21,24). The van der Waals surface area contributed by atoms with Crippen molar-refractivity contribution < 1.29 is 14.7 Å². The fourth-order valence-corrected chi connectivity index (χ4v) is 2.64. The van der Waals surface area contributed by atoms with Gasteiger partial charge in [-0.1, -0.05) is 42.5 Å². The lowest BCUT2D eigenvalue weighted by molar-refractivity contribution is 0.0934. The predicted octanol–water partition coefficient (Wildman–Crippen LogP) is 2.57. The van der Waals surface area contributed by atoms with Gasteiger partial charge in [-0.25, -0.2) is 0 Å². The smallest absolute Gasteiger partial charge is 0.252 e. The van der Waals surface area contributed by atoms with Crippen LogP contribution in [0.5, 0.6) is 5.75 Å². The summed E-state index contributed by atoms with van der Waals surface area (Å²) in [4.78, 5) is 24.4. The summed E-state index contributed by atoms with van der Waals surface area (Å²) in [6.07, 6.45) is 0. The number of nitrogens with two attached hydrogens (primary N) is 1. The first-order chi connectivity index (χ1) is 11.6. The Morgan fingerprint density at radius 3 is 2.42 bits per heavy atom. The van der Waals surface area contributed by atoms with Crippen LogP contribution in [0.2, 0.25) is 0 Å². The van der Waals surface area contributed by atoms with Gasteiger partial charge in [0.15, 0.2) is 0 Å². The number of benzene rings is 3. The summed E-state index contributed by atoms with van der Waals surface area (Å²) >= 11 is 0. The first-order valence-corrected chi connectivity index (χ1v) is 7.44. The second-order valence-corrected chi connectivity index (χ2v) is 5.43. The average Bonchev–Trinajstić information content (AvgIpc) is 2.59. The number of rotatable bonds is 4. The Hall–Kier alpha value is -3.34. The van der Waals surface area contributed by atoms with Crippen molar-refractivity contribution in [1.82, 2.24) is 5.32 Å². The highest BCUT2D eigenvalue weighted by Crippen LogP contribution is 2.26. The van der Waals surface area contributed by atoms with Crippen molar-refractivity contribution >= 4 is 22.6 Å². The van der Waals surface area contributed by atoms with Crippen molar-refractivity contribution in [3.05, 3.63) is 77.4 Å². The second kappa shape index (κ2) is 6.42. The largest absolute Gasteiger partial charge is 0.508 e. The Kier molecular flexibility index (Phi) is 4.16. The van der Waals surface area contributed by atoms with Crippen LogP contribution in [0.25, 0.3) is 10.8 Å². The van der Waals surface area contributed by atoms with E-state index in [0.717, 1.165) is 10.9 Å². The highest BCUT2D eigenvalue weighted by atomic mass is 16.3. The number of hydrogen-bond acceptors (Lipinski definition) is 3. The molecule has 3 aromatic rings. The van der Waals surface area contributed by atoms with Crippen LogP contribution < -0.4 is 11.1 Å². The van der Waals surface area contributed by atoms with Gasteiger partial charge in [0.1, 0.15) is 5.75 Å². The molecule has 2 amide bonds. The maximum atomic E-state index is 12.5. The van der Waals surface area contributed by atoms with Crippen LogP contribution in [0, 0.1) is 0 Å². The maximum absolute atomic E-state index is 12.5. The van der Waals surface area contributed by atoms with E-state index in [1.807, 2.05) is 30.3 Å². The zero-order valence-corrected chi connectivity index (χ0v) is 12.8. The van der Waals surface area contributed by atoms with E-state index in [1.54, 1.807) is 18.2 Å². The molecule has 0 fully saturated rings. The van der Waals surface area contributed by atoms with Gasteiger partial charge in [-0.05, 0) is 34.5 Å². The van der Waals surface area contributed by atoms with Crippen molar-refractivity contribution in [3.63, 3.8) is 0 Å². The van der Waals surface area contributed by atoms with Gasteiger partial charge in [0.25, 0.3) is 5.91 Å². The zero-order chi connectivity index (χ0) is 17.1. The molecule has 0 saturated carbocycles. The molecule has 5 nitrogen and oxygen atoms in total. The molecule has 4 N–H and O–H groups in total. The molecule has 3 aromatic carbocycles. The van der Waals surface area contributed by atoms with E-state index >= 15 is 0 Å². The third kappa shape index (κ3) is 3.05. The fraction of sp³-hybridized carbons (Fsp3) is 0.0526. The van der Waals surface area contributed by atoms with Gasteiger partial charge in [0.05, 0.1) is 11.1 Å². The molecular weight excluding hydrogens is 304 g/mol. The molecule has 0 unspecified atom stereocenters. The number of carbonyl (C=O) groups is 2. The minimum atomic E-state index is -0.712. The molecule has 0 aliphatic heterocycles. The number of nitrogens with one attached hydrogen (secondary N) is 1. The number of carbonyl (C=O) groups excluding carboxylic acids is 2. The summed E-state index contributed by atoms with van der Waals surface area (Å²) in [6.45, 7) is 0.343. The molecule has 0 aliphatic rings. The number of hydrogen-bond donors (Lipinski definition) is 3. The van der Waals surface area contributed by atoms with Gasteiger partial charge in [-0.15, -0.1) is 0 Å². The topological polar surface area (TPSA) is 92.4 Å². The Morgan fingerprint density at radius 2 is 1.71 bits per heavy atom. The van der Waals surface area contributed by atoms with Crippen molar-refractivity contribution in [3.8, 4) is 5.75 Å². The number of phenolic OH excluding ortho intramolecular Hbond substituents is 1. The molecule has 0 aliphatic carbocycles. The fourth-order valence-electron chi connectivity index (χ4n) is 2.64. The van der Waals surface area contributed by atoms with Crippen LogP contribution in [-0.2, 0) is 6.54 Å². The molecule has 0 atom stereocenters. The molecule has 0 saturated heterocycles. The van der Waals surface area contributed by atoms with Crippen molar-refractivity contribution in [1.29, 1.82) is 0 Å². The molecule has 0 bridgehead atoms. The number of phenols is 1. The van der Waals surface area contributed by atoms with Crippen molar-refractivity contribution in [2.45, 2.75) is 6.54 Å². The van der Waals surface area contributed by atoms with Crippen molar-refractivity contribution in [2.75, 3.05) is 0 Å². The van der Waals surface area contributed by atoms with Crippen LogP contribution >= 0.6 is 0 Å². The summed E-state index contributed by atoms with van der Waals surface area (Å²) in [7, 11) is 0. The van der Waals surface area contributed by atoms with Gasteiger partial charge < -0.3 is 16.2 Å². The third-order valence-electron chi connectivity index (χ3n) is 3.79. The monoisotopic (exact) mass is 320 g/mol. The van der Waals surface area contributed by atoms with Gasteiger partial charge in [0, 0.05) is 6.54 Å². The molecule has 120 valence electrons. The van der Waals surface area contributed by atoms with Crippen LogP contribution in [0.15, 0.2) is 60.7 Å². The highest BCUT2D eigenvalue weighted by molar-refractivity contribution is 6.15. The number of aromatic hydroxyl groups is 1. The van der Waals surface area contributed by atoms with Crippen LogP contribution in [0.3, 0.4) is 0 Å². The van der Waals surface area contributed by atoms with E-state index in [-0.39, 0.29) is 16.9 Å². The molecule has 0 heterocycles. The van der Waals surface area contributed by atoms with Crippen molar-refractivity contribution in [2.24, 2.45) is 5.73 Å². The SMILES string of the molecule is NC(=O)c1c(C(=O)NCc2ccccc2)ccc2ccc(O)cc12. The molecule has 24 heavy (non-hydrogen) atoms. The Bertz CT molecular complexity index is 921. The van der Waals surface area contributed by atoms with Gasteiger partial charge >= 0.3 is 0 Å². The summed E-state index contributed by atoms with van der Waals surface area (Å²) in [6, 6.07) is 17.4. The highest BCUT2D eigenvalue weighted by Gasteiger charge is 2.18. The van der Waals surface area contributed by atoms with Gasteiger partial charge in [0.2, 0.25) is 5.91 Å². The lowest BCUT2D eigenvalue weighted by Gasteiger charge is -2.11. The normalized spacial score (nSPS) is 10.5. The van der Waals surface area contributed by atoms with E-state index in [9.17, 15) is 14.7 Å². The second-order valence-electron chi connectivity index (χ2n) is 5.43. The lowest BCUT2D eigenvalue weighted by atomic mass is 9.97. The minimum absolute atomic E-state index is 0.00634. The van der Waals surface area contributed by atoms with E-state index in [1.165, 1.54) is 12.1 Å². The number of primary amides is 1. The summed E-state index contributed by atoms with van der Waals surface area (Å²) < 4.78 is 0. The Morgan fingerprint density at radius 1 is 1.00 bits per heavy atom. The lowest BCUT2D eigenvalue weighted by Crippen LogP contribution is -2.26. The molecule has 3 rings (SSSR count). The van der Waals surface area contributed by atoms with Gasteiger partial charge in [-0.3, -0.25) is 9.59 Å². The first kappa shape index (κ1) is 15.6. The molecule has 0 spiro atoms. The zero-order valence-electron chi connectivity index (χ0n) is 12.8. The molecule has 0 radical (unpaired) electrons. The minimum Gasteiger partial charge on any atom is -0.508 e. The maximum Gasteiger partial charge on any atom is 0.252 e. The first-order valence-electron chi connectivity index (χ1n) is 7.44. The quantitative estimate of drug-likeness (QED) is 0.690. The molecule has 5 heteroatoms. The predicted molar refractivity (Wildman–Crippen MR) is 91.7 cm³/mol.